The van der Waals surface area contributed by atoms with Gasteiger partial charge < -0.3 is 19.9 Å². The first-order chi connectivity index (χ1) is 20.3. The van der Waals surface area contributed by atoms with Crippen LogP contribution in [0.2, 0.25) is 5.02 Å². The predicted molar refractivity (Wildman–Crippen MR) is 160 cm³/mol. The lowest BCUT2D eigenvalue weighted by Crippen LogP contribution is -2.48. The quantitative estimate of drug-likeness (QED) is 0.196. The summed E-state index contributed by atoms with van der Waals surface area (Å²) in [5.74, 6) is -1.97. The first-order valence-electron chi connectivity index (χ1n) is 13.4. The van der Waals surface area contributed by atoms with Gasteiger partial charge in [-0.2, -0.15) is 0 Å². The number of carbonyl (C=O) groups excluding carboxylic acids is 2. The van der Waals surface area contributed by atoms with Gasteiger partial charge in [0.05, 0.1) is 23.4 Å². The molecule has 0 radical (unpaired) electrons. The molecular weight excluding hydrogens is 556 g/mol. The van der Waals surface area contributed by atoms with Crippen molar-refractivity contribution < 1.29 is 29.0 Å². The molecule has 4 aromatic carbocycles. The number of hydrogen-bond donors (Lipinski definition) is 3. The number of nitrogens with one attached hydrogen (secondary N) is 2. The monoisotopic (exact) mass is 584 g/mol. The molecule has 214 valence electrons. The highest BCUT2D eigenvalue weighted by molar-refractivity contribution is 6.34. The van der Waals surface area contributed by atoms with Crippen LogP contribution in [-0.2, 0) is 20.9 Å². The van der Waals surface area contributed by atoms with E-state index in [-0.39, 0.29) is 35.4 Å². The molecule has 4 aromatic rings. The van der Waals surface area contributed by atoms with E-state index in [1.807, 2.05) is 66.7 Å². The highest BCUT2D eigenvalue weighted by atomic mass is 35.5. The molecule has 2 atom stereocenters. The van der Waals surface area contributed by atoms with E-state index >= 15 is 0 Å². The van der Waals surface area contributed by atoms with Crippen molar-refractivity contribution in [3.05, 3.63) is 124 Å². The molecule has 0 heterocycles. The van der Waals surface area contributed by atoms with E-state index < -0.39 is 30.1 Å². The highest BCUT2D eigenvalue weighted by Crippen LogP contribution is 2.44. The number of benzene rings is 4. The maximum Gasteiger partial charge on any atom is 0.411 e. The molecular formula is C33H29ClN2O6. The minimum atomic E-state index is -1.29. The number of hydrogen-bond acceptors (Lipinski definition) is 5. The van der Waals surface area contributed by atoms with Crippen LogP contribution in [0, 0.1) is 0 Å². The van der Waals surface area contributed by atoms with Gasteiger partial charge in [0.25, 0.3) is 5.91 Å². The van der Waals surface area contributed by atoms with Crippen molar-refractivity contribution in [1.29, 1.82) is 0 Å². The highest BCUT2D eigenvalue weighted by Gasteiger charge is 2.30. The van der Waals surface area contributed by atoms with E-state index in [4.69, 9.17) is 21.1 Å². The Kier molecular flexibility index (Phi) is 8.85. The molecule has 0 saturated carbocycles. The van der Waals surface area contributed by atoms with Crippen molar-refractivity contribution in [1.82, 2.24) is 5.32 Å². The van der Waals surface area contributed by atoms with Crippen LogP contribution in [-0.4, -0.2) is 41.8 Å². The second-order valence-electron chi connectivity index (χ2n) is 9.94. The first-order valence-corrected chi connectivity index (χ1v) is 13.8. The zero-order chi connectivity index (χ0) is 29.6. The summed E-state index contributed by atoms with van der Waals surface area (Å²) in [5, 5.41) is 14.9. The predicted octanol–water partition coefficient (Wildman–Crippen LogP) is 6.49. The van der Waals surface area contributed by atoms with E-state index in [0.29, 0.717) is 0 Å². The van der Waals surface area contributed by atoms with Crippen LogP contribution in [0.4, 0.5) is 10.5 Å². The van der Waals surface area contributed by atoms with Crippen LogP contribution in [0.3, 0.4) is 0 Å². The SMILES string of the molecule is C[C@H](OCc1ccccc1)[C@@H](NC(=O)c1ccc(NC(=O)OCC2c3ccccc3-c3ccccc32)c(Cl)c1)C(=O)O. The van der Waals surface area contributed by atoms with Crippen molar-refractivity contribution in [2.75, 3.05) is 11.9 Å². The lowest BCUT2D eigenvalue weighted by molar-refractivity contribution is -0.143. The summed E-state index contributed by atoms with van der Waals surface area (Å²) in [6.45, 7) is 1.92. The Labute approximate surface area is 248 Å². The molecule has 0 fully saturated rings. The number of ether oxygens (including phenoxy) is 2. The number of amides is 2. The van der Waals surface area contributed by atoms with Crippen molar-refractivity contribution in [2.45, 2.75) is 31.6 Å². The molecule has 8 nitrogen and oxygen atoms in total. The lowest BCUT2D eigenvalue weighted by atomic mass is 9.98. The second-order valence-corrected chi connectivity index (χ2v) is 10.3. The van der Waals surface area contributed by atoms with E-state index in [1.54, 1.807) is 6.92 Å². The minimum Gasteiger partial charge on any atom is -0.480 e. The van der Waals surface area contributed by atoms with Gasteiger partial charge in [-0.15, -0.1) is 0 Å². The average Bonchev–Trinajstić information content (AvgIpc) is 3.32. The van der Waals surface area contributed by atoms with Crippen LogP contribution >= 0.6 is 11.6 Å². The van der Waals surface area contributed by atoms with Gasteiger partial charge in [-0.25, -0.2) is 9.59 Å². The van der Waals surface area contributed by atoms with Gasteiger partial charge in [-0.1, -0.05) is 90.5 Å². The van der Waals surface area contributed by atoms with Crippen LogP contribution < -0.4 is 10.6 Å². The molecule has 0 bridgehead atoms. The summed E-state index contributed by atoms with van der Waals surface area (Å²) < 4.78 is 11.3. The molecule has 1 aliphatic carbocycles. The number of fused-ring (bicyclic) bond motifs is 3. The summed E-state index contributed by atoms with van der Waals surface area (Å²) >= 11 is 6.37. The Hall–Kier alpha value is -4.66. The van der Waals surface area contributed by atoms with E-state index in [2.05, 4.69) is 22.8 Å². The van der Waals surface area contributed by atoms with Crippen LogP contribution in [0.15, 0.2) is 97.1 Å². The van der Waals surface area contributed by atoms with Gasteiger partial charge >= 0.3 is 12.1 Å². The molecule has 0 spiro atoms. The van der Waals surface area contributed by atoms with Gasteiger partial charge in [-0.3, -0.25) is 10.1 Å². The van der Waals surface area contributed by atoms with Gasteiger partial charge in [0.2, 0.25) is 0 Å². The molecule has 42 heavy (non-hydrogen) atoms. The molecule has 5 rings (SSSR count). The van der Waals surface area contributed by atoms with Gasteiger partial charge in [0.1, 0.15) is 6.61 Å². The largest absolute Gasteiger partial charge is 0.480 e. The Morgan fingerprint density at radius 3 is 2.12 bits per heavy atom. The number of carboxylic acid groups (broad SMARTS) is 1. The maximum absolute atomic E-state index is 12.9. The fraction of sp³-hybridized carbons (Fsp3) is 0.182. The molecule has 9 heteroatoms. The number of aliphatic carboxylic acids is 1. The van der Waals surface area contributed by atoms with Crippen LogP contribution in [0.25, 0.3) is 11.1 Å². The number of carboxylic acids is 1. The zero-order valence-corrected chi connectivity index (χ0v) is 23.5. The number of carbonyl (C=O) groups is 3. The molecule has 2 amide bonds. The summed E-state index contributed by atoms with van der Waals surface area (Å²) in [5.41, 5.74) is 5.70. The Balaban J connectivity index is 1.18. The summed E-state index contributed by atoms with van der Waals surface area (Å²) in [6, 6.07) is 28.4. The Morgan fingerprint density at radius 2 is 1.50 bits per heavy atom. The van der Waals surface area contributed by atoms with E-state index in [9.17, 15) is 19.5 Å². The topological polar surface area (TPSA) is 114 Å². The molecule has 0 saturated heterocycles. The summed E-state index contributed by atoms with van der Waals surface area (Å²) in [6.07, 6.45) is -1.50. The fourth-order valence-corrected chi connectivity index (χ4v) is 5.23. The lowest BCUT2D eigenvalue weighted by Gasteiger charge is -2.22. The van der Waals surface area contributed by atoms with Crippen molar-refractivity contribution >= 4 is 35.3 Å². The molecule has 1 aliphatic rings. The van der Waals surface area contributed by atoms with Crippen molar-refractivity contribution in [3.8, 4) is 11.1 Å². The fourth-order valence-electron chi connectivity index (χ4n) is 5.00. The number of halogens is 1. The molecule has 0 unspecified atom stereocenters. The molecule has 3 N–H and O–H groups in total. The van der Waals surface area contributed by atoms with Crippen molar-refractivity contribution in [2.24, 2.45) is 0 Å². The number of rotatable bonds is 10. The van der Waals surface area contributed by atoms with Crippen LogP contribution in [0.5, 0.6) is 0 Å². The smallest absolute Gasteiger partial charge is 0.411 e. The van der Waals surface area contributed by atoms with Crippen molar-refractivity contribution in [3.63, 3.8) is 0 Å². The average molecular weight is 585 g/mol. The Bertz CT molecular complexity index is 1560. The maximum atomic E-state index is 12.9. The third kappa shape index (κ3) is 6.46. The third-order valence-corrected chi connectivity index (χ3v) is 7.50. The number of anilines is 1. The summed E-state index contributed by atoms with van der Waals surface area (Å²) in [7, 11) is 0. The third-order valence-electron chi connectivity index (χ3n) is 7.19. The van der Waals surface area contributed by atoms with Gasteiger partial charge in [-0.05, 0) is 52.9 Å². The minimum absolute atomic E-state index is 0.0917. The zero-order valence-electron chi connectivity index (χ0n) is 22.8. The van der Waals surface area contributed by atoms with E-state index in [1.165, 1.54) is 18.2 Å². The second kappa shape index (κ2) is 12.9. The van der Waals surface area contributed by atoms with Gasteiger partial charge in [0, 0.05) is 11.5 Å². The first kappa shape index (κ1) is 28.9. The molecule has 0 aromatic heterocycles. The normalized spacial score (nSPS) is 13.4. The van der Waals surface area contributed by atoms with Crippen LogP contribution in [0.1, 0.15) is 39.9 Å². The summed E-state index contributed by atoms with van der Waals surface area (Å²) in [4.78, 5) is 37.4. The van der Waals surface area contributed by atoms with Gasteiger partial charge in [0.15, 0.2) is 6.04 Å². The molecule has 0 aliphatic heterocycles. The van der Waals surface area contributed by atoms with E-state index in [0.717, 1.165) is 27.8 Å². The standard InChI is InChI=1S/C33H29ClN2O6/c1-20(41-18-21-9-3-2-4-10-21)30(32(38)39)36-31(37)22-15-16-29(28(34)17-22)35-33(40)42-19-27-25-13-7-5-11-23(25)24-12-6-8-14-26(24)27/h2-17,20,27,30H,18-19H2,1H3,(H,35,40)(H,36,37)(H,38,39)/t20-,30+/m0/s1. The Morgan fingerprint density at radius 1 is 0.881 bits per heavy atom.